The average Bonchev–Trinajstić information content (AvgIpc) is 3.37. The first kappa shape index (κ1) is 20.7. The number of hydrogen-bond acceptors (Lipinski definition) is 5. The molecule has 33 heavy (non-hydrogen) atoms. The summed E-state index contributed by atoms with van der Waals surface area (Å²) >= 11 is 0. The van der Waals surface area contributed by atoms with Crippen LogP contribution >= 0.6 is 0 Å². The van der Waals surface area contributed by atoms with Crippen LogP contribution in [0.5, 0.6) is 0 Å². The zero-order chi connectivity index (χ0) is 22.9. The zero-order valence-electron chi connectivity index (χ0n) is 18.0. The van der Waals surface area contributed by atoms with E-state index in [0.29, 0.717) is 29.7 Å². The number of carbonyl (C=O) groups excluding carboxylic acids is 2. The highest BCUT2D eigenvalue weighted by Crippen LogP contribution is 2.26. The van der Waals surface area contributed by atoms with Crippen LogP contribution in [0.4, 0.5) is 0 Å². The van der Waals surface area contributed by atoms with Crippen molar-refractivity contribution in [3.63, 3.8) is 0 Å². The van der Waals surface area contributed by atoms with Crippen molar-refractivity contribution < 1.29 is 14.0 Å². The lowest BCUT2D eigenvalue weighted by Crippen LogP contribution is -2.52. The summed E-state index contributed by atoms with van der Waals surface area (Å²) in [6, 6.07) is 17.4. The number of aromatic amines is 1. The van der Waals surface area contributed by atoms with Gasteiger partial charge < -0.3 is 19.2 Å². The molecule has 1 aliphatic rings. The number of amides is 2. The molecule has 0 spiro atoms. The summed E-state index contributed by atoms with van der Waals surface area (Å²) in [6.07, 6.45) is 1.84. The Kier molecular flexibility index (Phi) is 5.26. The molecule has 2 amide bonds. The predicted octanol–water partition coefficient (Wildman–Crippen LogP) is 2.74. The van der Waals surface area contributed by atoms with Crippen LogP contribution in [0.2, 0.25) is 0 Å². The molecule has 0 radical (unpaired) electrons. The van der Waals surface area contributed by atoms with E-state index in [2.05, 4.69) is 9.97 Å². The first-order valence-corrected chi connectivity index (χ1v) is 10.7. The molecule has 1 aliphatic heterocycles. The summed E-state index contributed by atoms with van der Waals surface area (Å²) in [4.78, 5) is 49.4. The van der Waals surface area contributed by atoms with E-state index in [1.54, 1.807) is 42.3 Å². The number of nitrogens with one attached hydrogen (secondary N) is 1. The fraction of sp³-hybridized carbons (Fsp3) is 0.200. The summed E-state index contributed by atoms with van der Waals surface area (Å²) in [7, 11) is 1.65. The van der Waals surface area contributed by atoms with Crippen LogP contribution in [0.15, 0.2) is 76.1 Å². The highest BCUT2D eigenvalue weighted by atomic mass is 16.3. The number of carbonyl (C=O) groups is 2. The molecule has 0 aliphatic carbocycles. The van der Waals surface area contributed by atoms with E-state index in [4.69, 9.17) is 4.42 Å². The van der Waals surface area contributed by atoms with Crippen LogP contribution in [0.3, 0.4) is 0 Å². The fourth-order valence-corrected chi connectivity index (χ4v) is 4.27. The third kappa shape index (κ3) is 3.91. The highest BCUT2D eigenvalue weighted by molar-refractivity contribution is 5.96. The van der Waals surface area contributed by atoms with Gasteiger partial charge in [0.1, 0.15) is 11.9 Å². The summed E-state index contributed by atoms with van der Waals surface area (Å²) in [5.41, 5.74) is 2.35. The van der Waals surface area contributed by atoms with Gasteiger partial charge in [-0.1, -0.05) is 36.4 Å². The van der Waals surface area contributed by atoms with E-state index >= 15 is 0 Å². The Morgan fingerprint density at radius 2 is 1.85 bits per heavy atom. The lowest BCUT2D eigenvalue weighted by molar-refractivity contribution is -0.136. The van der Waals surface area contributed by atoms with Crippen molar-refractivity contribution in [3.8, 4) is 0 Å². The number of benzene rings is 2. The lowest BCUT2D eigenvalue weighted by Gasteiger charge is -2.37. The summed E-state index contributed by atoms with van der Waals surface area (Å²) < 4.78 is 5.31. The van der Waals surface area contributed by atoms with Gasteiger partial charge in [-0.25, -0.2) is 4.98 Å². The highest BCUT2D eigenvalue weighted by Gasteiger charge is 2.37. The summed E-state index contributed by atoms with van der Waals surface area (Å²) in [5.74, 6) is 0.00346. The topological polar surface area (TPSA) is 99.5 Å². The lowest BCUT2D eigenvalue weighted by atomic mass is 9.93. The van der Waals surface area contributed by atoms with Crippen LogP contribution in [0.1, 0.15) is 27.5 Å². The van der Waals surface area contributed by atoms with Crippen LogP contribution in [0.25, 0.3) is 10.9 Å². The largest absolute Gasteiger partial charge is 0.459 e. The smallest absolute Gasteiger partial charge is 0.290 e. The van der Waals surface area contributed by atoms with Crippen molar-refractivity contribution in [2.45, 2.75) is 25.6 Å². The fourth-order valence-electron chi connectivity index (χ4n) is 4.27. The van der Waals surface area contributed by atoms with Gasteiger partial charge in [-0.15, -0.1) is 0 Å². The number of hydrogen-bond donors (Lipinski definition) is 1. The van der Waals surface area contributed by atoms with Crippen molar-refractivity contribution in [2.24, 2.45) is 0 Å². The number of H-pyrrole nitrogens is 1. The standard InChI is InChI=1S/C25H22N4O4/c1-28(15-22-26-19-10-5-4-9-18(19)23(30)27-22)24(31)20-13-16-7-2-3-8-17(16)14-29(20)25(32)21-11-6-12-33-21/h2-12,20H,13-15H2,1H3,(H,26,27,30)/t20-/m1/s1. The van der Waals surface area contributed by atoms with Crippen molar-refractivity contribution >= 4 is 22.7 Å². The van der Waals surface area contributed by atoms with Crippen LogP contribution < -0.4 is 5.56 Å². The van der Waals surface area contributed by atoms with Gasteiger partial charge >= 0.3 is 0 Å². The number of fused-ring (bicyclic) bond motifs is 2. The Morgan fingerprint density at radius 3 is 2.64 bits per heavy atom. The maximum absolute atomic E-state index is 13.5. The molecule has 0 saturated carbocycles. The van der Waals surface area contributed by atoms with Gasteiger partial charge in [0.25, 0.3) is 11.5 Å². The quantitative estimate of drug-likeness (QED) is 0.524. The SMILES string of the molecule is CN(Cc1nc2ccccc2c(=O)[nH]1)C(=O)[C@H]1Cc2ccccc2CN1C(=O)c1ccco1. The Hall–Kier alpha value is -4.20. The van der Waals surface area contributed by atoms with E-state index in [1.807, 2.05) is 30.3 Å². The number of furan rings is 1. The van der Waals surface area contributed by atoms with Gasteiger partial charge in [0.05, 0.1) is 23.7 Å². The third-order valence-electron chi connectivity index (χ3n) is 5.95. The van der Waals surface area contributed by atoms with Crippen LogP contribution in [-0.4, -0.2) is 44.7 Å². The molecule has 166 valence electrons. The minimum absolute atomic E-state index is 0.111. The molecular weight excluding hydrogens is 420 g/mol. The van der Waals surface area contributed by atoms with E-state index in [0.717, 1.165) is 11.1 Å². The molecule has 0 fully saturated rings. The molecule has 0 unspecified atom stereocenters. The van der Waals surface area contributed by atoms with Gasteiger partial charge in [0.15, 0.2) is 5.76 Å². The number of nitrogens with zero attached hydrogens (tertiary/aromatic N) is 3. The Morgan fingerprint density at radius 1 is 1.09 bits per heavy atom. The molecule has 1 atom stereocenters. The number of aromatic nitrogens is 2. The van der Waals surface area contributed by atoms with E-state index in [1.165, 1.54) is 11.2 Å². The molecular formula is C25H22N4O4. The number of likely N-dealkylation sites (N-methyl/N-ethyl adjacent to an activating group) is 1. The van der Waals surface area contributed by atoms with Gasteiger partial charge in [-0.05, 0) is 35.4 Å². The summed E-state index contributed by atoms with van der Waals surface area (Å²) in [5, 5.41) is 0.495. The van der Waals surface area contributed by atoms with Crippen molar-refractivity contribution in [2.75, 3.05) is 7.05 Å². The Bertz CT molecular complexity index is 1390. The van der Waals surface area contributed by atoms with E-state index in [-0.39, 0.29) is 29.7 Å². The number of para-hydroxylation sites is 1. The van der Waals surface area contributed by atoms with Crippen molar-refractivity contribution in [1.82, 2.24) is 19.8 Å². The molecule has 0 saturated heterocycles. The number of rotatable bonds is 4. The Balaban J connectivity index is 1.43. The van der Waals surface area contributed by atoms with E-state index < -0.39 is 6.04 Å². The summed E-state index contributed by atoms with van der Waals surface area (Å²) in [6.45, 7) is 0.421. The van der Waals surface area contributed by atoms with Gasteiger partial charge in [-0.3, -0.25) is 14.4 Å². The monoisotopic (exact) mass is 442 g/mol. The second-order valence-electron chi connectivity index (χ2n) is 8.12. The molecule has 3 heterocycles. The van der Waals surface area contributed by atoms with Gasteiger partial charge in [-0.2, -0.15) is 0 Å². The second-order valence-corrected chi connectivity index (χ2v) is 8.12. The van der Waals surface area contributed by atoms with Crippen LogP contribution in [-0.2, 0) is 24.3 Å². The first-order chi connectivity index (χ1) is 16.0. The first-order valence-electron chi connectivity index (χ1n) is 10.7. The Labute approximate surface area is 189 Å². The molecule has 2 aromatic heterocycles. The van der Waals surface area contributed by atoms with Gasteiger partial charge in [0, 0.05) is 20.0 Å². The van der Waals surface area contributed by atoms with Gasteiger partial charge in [0.2, 0.25) is 5.91 Å². The molecule has 4 aromatic rings. The molecule has 0 bridgehead atoms. The minimum atomic E-state index is -0.699. The predicted molar refractivity (Wildman–Crippen MR) is 121 cm³/mol. The normalized spacial score (nSPS) is 15.3. The maximum atomic E-state index is 13.5. The minimum Gasteiger partial charge on any atom is -0.459 e. The van der Waals surface area contributed by atoms with Crippen LogP contribution in [0, 0.1) is 0 Å². The molecule has 8 heteroatoms. The third-order valence-corrected chi connectivity index (χ3v) is 5.95. The molecule has 1 N–H and O–H groups in total. The van der Waals surface area contributed by atoms with Crippen molar-refractivity contribution in [1.29, 1.82) is 0 Å². The molecule has 5 rings (SSSR count). The van der Waals surface area contributed by atoms with Crippen molar-refractivity contribution in [3.05, 3.63) is 100.0 Å². The average molecular weight is 442 g/mol. The molecule has 8 nitrogen and oxygen atoms in total. The molecule has 2 aromatic carbocycles. The maximum Gasteiger partial charge on any atom is 0.290 e. The zero-order valence-corrected chi connectivity index (χ0v) is 18.0. The van der Waals surface area contributed by atoms with E-state index in [9.17, 15) is 14.4 Å². The second kappa shape index (κ2) is 8.38.